The zero-order valence-electron chi connectivity index (χ0n) is 15.4. The fourth-order valence-corrected chi connectivity index (χ4v) is 4.50. The van der Waals surface area contributed by atoms with Crippen molar-refractivity contribution in [3.05, 3.63) is 65.7 Å². The van der Waals surface area contributed by atoms with Crippen molar-refractivity contribution in [1.82, 2.24) is 4.90 Å². The van der Waals surface area contributed by atoms with Gasteiger partial charge < -0.3 is 11.1 Å². The molecule has 0 aromatic heterocycles. The molecule has 2 amide bonds. The van der Waals surface area contributed by atoms with E-state index >= 15 is 0 Å². The van der Waals surface area contributed by atoms with Crippen LogP contribution < -0.4 is 11.1 Å². The average molecular weight is 401 g/mol. The van der Waals surface area contributed by atoms with Gasteiger partial charge in [0.2, 0.25) is 11.8 Å². The number of carbonyl (C=O) groups is 2. The van der Waals surface area contributed by atoms with Crippen LogP contribution in [0.4, 0.5) is 5.69 Å². The Hall–Kier alpha value is -2.71. The predicted octanol–water partition coefficient (Wildman–Crippen LogP) is 1.12. The molecule has 3 N–H and O–H groups in total. The van der Waals surface area contributed by atoms with Crippen LogP contribution in [0.1, 0.15) is 17.2 Å². The Morgan fingerprint density at radius 3 is 2.18 bits per heavy atom. The van der Waals surface area contributed by atoms with E-state index in [1.807, 2.05) is 35.2 Å². The SMILES string of the molecule is NC(=O)Cc1ccc(NC(=O)C(c2ccccc2)N2CCS(=O)(=O)CC2)cc1. The highest BCUT2D eigenvalue weighted by Crippen LogP contribution is 2.25. The molecule has 0 aliphatic carbocycles. The summed E-state index contributed by atoms with van der Waals surface area (Å²) in [6, 6.07) is 15.7. The van der Waals surface area contributed by atoms with Crippen molar-refractivity contribution in [2.75, 3.05) is 29.9 Å². The van der Waals surface area contributed by atoms with Crippen LogP contribution in [-0.4, -0.2) is 49.7 Å². The van der Waals surface area contributed by atoms with Gasteiger partial charge in [0.05, 0.1) is 17.9 Å². The predicted molar refractivity (Wildman–Crippen MR) is 107 cm³/mol. The summed E-state index contributed by atoms with van der Waals surface area (Å²) in [4.78, 5) is 26.0. The Balaban J connectivity index is 1.78. The van der Waals surface area contributed by atoms with Gasteiger partial charge in [0.1, 0.15) is 6.04 Å². The van der Waals surface area contributed by atoms with Crippen LogP contribution >= 0.6 is 0 Å². The number of benzene rings is 2. The van der Waals surface area contributed by atoms with E-state index in [2.05, 4.69) is 5.32 Å². The van der Waals surface area contributed by atoms with Gasteiger partial charge in [-0.2, -0.15) is 0 Å². The van der Waals surface area contributed by atoms with Crippen LogP contribution in [0.15, 0.2) is 54.6 Å². The fraction of sp³-hybridized carbons (Fsp3) is 0.300. The molecule has 0 spiro atoms. The molecule has 0 bridgehead atoms. The molecule has 1 aliphatic heterocycles. The van der Waals surface area contributed by atoms with Gasteiger partial charge in [-0.25, -0.2) is 8.42 Å². The molecule has 0 radical (unpaired) electrons. The Labute approximate surface area is 164 Å². The maximum Gasteiger partial charge on any atom is 0.246 e. The summed E-state index contributed by atoms with van der Waals surface area (Å²) in [5, 5.41) is 2.89. The maximum absolute atomic E-state index is 13.1. The second-order valence-corrected chi connectivity index (χ2v) is 9.13. The van der Waals surface area contributed by atoms with E-state index in [-0.39, 0.29) is 23.8 Å². The number of carbonyl (C=O) groups excluding carboxylic acids is 2. The zero-order valence-corrected chi connectivity index (χ0v) is 16.2. The minimum atomic E-state index is -3.04. The van der Waals surface area contributed by atoms with Gasteiger partial charge in [0.15, 0.2) is 9.84 Å². The number of hydrogen-bond acceptors (Lipinski definition) is 5. The van der Waals surface area contributed by atoms with Crippen LogP contribution in [0, 0.1) is 0 Å². The highest BCUT2D eigenvalue weighted by molar-refractivity contribution is 7.91. The minimum absolute atomic E-state index is 0.0471. The van der Waals surface area contributed by atoms with E-state index in [4.69, 9.17) is 5.73 Å². The van der Waals surface area contributed by atoms with Gasteiger partial charge in [-0.05, 0) is 23.3 Å². The monoisotopic (exact) mass is 401 g/mol. The van der Waals surface area contributed by atoms with Gasteiger partial charge in [0, 0.05) is 18.8 Å². The number of nitrogens with one attached hydrogen (secondary N) is 1. The van der Waals surface area contributed by atoms with E-state index in [0.717, 1.165) is 11.1 Å². The Morgan fingerprint density at radius 1 is 1.00 bits per heavy atom. The third-order valence-electron chi connectivity index (χ3n) is 4.71. The summed E-state index contributed by atoms with van der Waals surface area (Å²) in [5.41, 5.74) is 7.37. The summed E-state index contributed by atoms with van der Waals surface area (Å²) >= 11 is 0. The fourth-order valence-electron chi connectivity index (χ4n) is 3.27. The van der Waals surface area contributed by atoms with Gasteiger partial charge in [-0.15, -0.1) is 0 Å². The standard InChI is InChI=1S/C20H23N3O4S/c21-18(24)14-15-6-8-17(9-7-15)22-20(25)19(16-4-2-1-3-5-16)23-10-12-28(26,27)13-11-23/h1-9,19H,10-14H2,(H2,21,24)(H,22,25). The molecule has 2 aromatic rings. The minimum Gasteiger partial charge on any atom is -0.369 e. The molecule has 2 aromatic carbocycles. The number of primary amides is 1. The summed E-state index contributed by atoms with van der Waals surface area (Å²) in [6.07, 6.45) is 0.142. The first-order valence-corrected chi connectivity index (χ1v) is 10.8. The molecular formula is C20H23N3O4S. The number of anilines is 1. The molecule has 1 fully saturated rings. The second-order valence-electron chi connectivity index (χ2n) is 6.83. The van der Waals surface area contributed by atoms with Crippen molar-refractivity contribution in [2.24, 2.45) is 5.73 Å². The molecule has 1 unspecified atom stereocenters. The number of rotatable bonds is 6. The first kappa shape index (κ1) is 20.0. The molecule has 3 rings (SSSR count). The largest absolute Gasteiger partial charge is 0.369 e. The van der Waals surface area contributed by atoms with Gasteiger partial charge in [-0.1, -0.05) is 42.5 Å². The molecule has 148 valence electrons. The van der Waals surface area contributed by atoms with Crippen LogP contribution in [-0.2, 0) is 25.8 Å². The highest BCUT2D eigenvalue weighted by Gasteiger charge is 2.32. The number of hydrogen-bond donors (Lipinski definition) is 2. The average Bonchev–Trinajstić information content (AvgIpc) is 2.65. The van der Waals surface area contributed by atoms with Crippen molar-refractivity contribution in [3.8, 4) is 0 Å². The molecule has 28 heavy (non-hydrogen) atoms. The quantitative estimate of drug-likeness (QED) is 0.754. The van der Waals surface area contributed by atoms with E-state index in [1.54, 1.807) is 24.3 Å². The number of nitrogens with two attached hydrogens (primary N) is 1. The van der Waals surface area contributed by atoms with E-state index in [1.165, 1.54) is 0 Å². The number of amides is 2. The van der Waals surface area contributed by atoms with E-state index < -0.39 is 21.8 Å². The van der Waals surface area contributed by atoms with E-state index in [0.29, 0.717) is 18.8 Å². The lowest BCUT2D eigenvalue weighted by Crippen LogP contribution is -2.46. The lowest BCUT2D eigenvalue weighted by molar-refractivity contribution is -0.121. The highest BCUT2D eigenvalue weighted by atomic mass is 32.2. The summed E-state index contributed by atoms with van der Waals surface area (Å²) in [5.74, 6) is -0.550. The van der Waals surface area contributed by atoms with E-state index in [9.17, 15) is 18.0 Å². The van der Waals surface area contributed by atoms with Crippen molar-refractivity contribution in [1.29, 1.82) is 0 Å². The number of nitrogens with zero attached hydrogens (tertiary/aromatic N) is 1. The van der Waals surface area contributed by atoms with Crippen molar-refractivity contribution >= 4 is 27.3 Å². The smallest absolute Gasteiger partial charge is 0.246 e. The first-order chi connectivity index (χ1) is 13.3. The topological polar surface area (TPSA) is 110 Å². The molecule has 1 heterocycles. The lowest BCUT2D eigenvalue weighted by Gasteiger charge is -2.33. The lowest BCUT2D eigenvalue weighted by atomic mass is 10.0. The molecule has 1 aliphatic rings. The van der Waals surface area contributed by atoms with Crippen molar-refractivity contribution in [2.45, 2.75) is 12.5 Å². The van der Waals surface area contributed by atoms with Gasteiger partial charge in [0.25, 0.3) is 0 Å². The molecule has 0 saturated carbocycles. The van der Waals surface area contributed by atoms with Crippen LogP contribution in [0.5, 0.6) is 0 Å². The van der Waals surface area contributed by atoms with Gasteiger partial charge >= 0.3 is 0 Å². The molecule has 1 saturated heterocycles. The molecule has 8 heteroatoms. The second kappa shape index (κ2) is 8.53. The Kier molecular flexibility index (Phi) is 6.11. The third-order valence-corrected chi connectivity index (χ3v) is 6.32. The summed E-state index contributed by atoms with van der Waals surface area (Å²) in [7, 11) is -3.04. The van der Waals surface area contributed by atoms with Crippen LogP contribution in [0.3, 0.4) is 0 Å². The van der Waals surface area contributed by atoms with Crippen LogP contribution in [0.2, 0.25) is 0 Å². The van der Waals surface area contributed by atoms with Gasteiger partial charge in [-0.3, -0.25) is 14.5 Å². The summed E-state index contributed by atoms with van der Waals surface area (Å²) in [6.45, 7) is 0.625. The Bertz CT molecular complexity index is 929. The van der Waals surface area contributed by atoms with Crippen LogP contribution in [0.25, 0.3) is 0 Å². The maximum atomic E-state index is 13.1. The number of sulfone groups is 1. The third kappa shape index (κ3) is 5.17. The molecular weight excluding hydrogens is 378 g/mol. The first-order valence-electron chi connectivity index (χ1n) is 9.01. The van der Waals surface area contributed by atoms with Crippen molar-refractivity contribution in [3.63, 3.8) is 0 Å². The van der Waals surface area contributed by atoms with Crippen molar-refractivity contribution < 1.29 is 18.0 Å². The summed E-state index contributed by atoms with van der Waals surface area (Å²) < 4.78 is 23.5. The molecule has 7 nitrogen and oxygen atoms in total. The Morgan fingerprint density at radius 2 is 1.61 bits per heavy atom. The normalized spacial score (nSPS) is 17.6. The molecule has 1 atom stereocenters. The zero-order chi connectivity index (χ0) is 20.1.